The van der Waals surface area contributed by atoms with E-state index < -0.39 is 0 Å². The first-order valence-corrected chi connectivity index (χ1v) is 12.4. The van der Waals surface area contributed by atoms with Crippen LogP contribution < -0.4 is 0 Å². The van der Waals surface area contributed by atoms with Gasteiger partial charge in [0.1, 0.15) is 0 Å². The molecule has 0 saturated heterocycles. The summed E-state index contributed by atoms with van der Waals surface area (Å²) in [5.74, 6) is 2.69. The molecule has 0 spiro atoms. The standard InChI is InChI=1S/C28H38O2/c1-27-16-14-21(29)18-20(27)9-10-22-23-11-12-25(28(23,2)17-15-24(22)27)26(30)13-8-19-6-4-3-5-7-19/h4,6-9,13,21-25,29H,3,5,10-12,14-18H2,1-2H3/b13-8+/t21-,22-,23-,24-,25+,27-,28-/m0/s1. The van der Waals surface area contributed by atoms with Gasteiger partial charge in [-0.2, -0.15) is 0 Å². The van der Waals surface area contributed by atoms with Crippen molar-refractivity contribution in [2.75, 3.05) is 0 Å². The van der Waals surface area contributed by atoms with E-state index in [1.165, 1.54) is 30.4 Å². The van der Waals surface area contributed by atoms with E-state index in [9.17, 15) is 9.90 Å². The van der Waals surface area contributed by atoms with Crippen molar-refractivity contribution in [1.82, 2.24) is 0 Å². The smallest absolute Gasteiger partial charge is 0.159 e. The van der Waals surface area contributed by atoms with Gasteiger partial charge in [0.2, 0.25) is 0 Å². The van der Waals surface area contributed by atoms with Crippen LogP contribution >= 0.6 is 0 Å². The maximum atomic E-state index is 13.3. The molecule has 0 unspecified atom stereocenters. The molecule has 7 atom stereocenters. The van der Waals surface area contributed by atoms with Gasteiger partial charge >= 0.3 is 0 Å². The van der Waals surface area contributed by atoms with Gasteiger partial charge in [0, 0.05) is 5.92 Å². The molecule has 1 N–H and O–H groups in total. The number of carbonyl (C=O) groups is 1. The molecule has 5 aliphatic rings. The van der Waals surface area contributed by atoms with Crippen molar-refractivity contribution in [3.63, 3.8) is 0 Å². The average molecular weight is 407 g/mol. The van der Waals surface area contributed by atoms with E-state index in [1.807, 2.05) is 12.2 Å². The third-order valence-electron chi connectivity index (χ3n) is 9.89. The Morgan fingerprint density at radius 2 is 1.93 bits per heavy atom. The molecular weight excluding hydrogens is 368 g/mol. The van der Waals surface area contributed by atoms with E-state index in [0.29, 0.717) is 11.7 Å². The lowest BCUT2D eigenvalue weighted by molar-refractivity contribution is -0.124. The predicted octanol–water partition coefficient (Wildman–Crippen LogP) is 6.33. The molecule has 0 aromatic heterocycles. The summed E-state index contributed by atoms with van der Waals surface area (Å²) in [6, 6.07) is 0. The molecule has 0 aliphatic heterocycles. The molecule has 0 radical (unpaired) electrons. The van der Waals surface area contributed by atoms with Crippen molar-refractivity contribution in [3.05, 3.63) is 47.6 Å². The topological polar surface area (TPSA) is 37.3 Å². The van der Waals surface area contributed by atoms with Gasteiger partial charge in [-0.15, -0.1) is 0 Å². The zero-order chi connectivity index (χ0) is 20.9. The van der Waals surface area contributed by atoms with Crippen molar-refractivity contribution in [2.45, 2.75) is 84.2 Å². The molecule has 5 aliphatic carbocycles. The number of carbonyl (C=O) groups excluding carboxylic acids is 1. The van der Waals surface area contributed by atoms with Crippen LogP contribution in [0, 0.1) is 34.5 Å². The summed E-state index contributed by atoms with van der Waals surface area (Å²) in [7, 11) is 0. The normalized spacial score (nSPS) is 45.4. The third-order valence-corrected chi connectivity index (χ3v) is 9.89. The summed E-state index contributed by atoms with van der Waals surface area (Å²) in [4.78, 5) is 13.3. The van der Waals surface area contributed by atoms with Gasteiger partial charge in [-0.25, -0.2) is 0 Å². The molecule has 0 amide bonds. The fourth-order valence-corrected chi connectivity index (χ4v) is 8.16. The Balaban J connectivity index is 1.35. The van der Waals surface area contributed by atoms with Crippen LogP contribution in [0.1, 0.15) is 78.1 Å². The SMILES string of the molecule is C[C@]12CC[C@H]3[C@@H](CC=C4C[C@@H](O)CC[C@@]43C)[C@@H]1CC[C@@H]2C(=O)/C=C/C1=CCCC=C1. The number of aliphatic hydroxyl groups is 1. The first-order valence-electron chi connectivity index (χ1n) is 12.4. The van der Waals surface area contributed by atoms with Gasteiger partial charge < -0.3 is 5.11 Å². The van der Waals surface area contributed by atoms with E-state index in [4.69, 9.17) is 0 Å². The Morgan fingerprint density at radius 3 is 2.73 bits per heavy atom. The van der Waals surface area contributed by atoms with Crippen LogP contribution in [0.25, 0.3) is 0 Å². The first-order chi connectivity index (χ1) is 14.4. The van der Waals surface area contributed by atoms with Crippen molar-refractivity contribution < 1.29 is 9.90 Å². The summed E-state index contributed by atoms with van der Waals surface area (Å²) in [6.07, 6.45) is 23.9. The highest BCUT2D eigenvalue weighted by atomic mass is 16.3. The van der Waals surface area contributed by atoms with E-state index in [1.54, 1.807) is 0 Å². The summed E-state index contributed by atoms with van der Waals surface area (Å²) in [6.45, 7) is 4.92. The second-order valence-corrected chi connectivity index (χ2v) is 11.2. The minimum absolute atomic E-state index is 0.135. The average Bonchev–Trinajstić information content (AvgIpc) is 3.10. The molecule has 3 saturated carbocycles. The molecule has 0 bridgehead atoms. The largest absolute Gasteiger partial charge is 0.393 e. The van der Waals surface area contributed by atoms with Gasteiger partial charge in [0.05, 0.1) is 6.10 Å². The second-order valence-electron chi connectivity index (χ2n) is 11.2. The van der Waals surface area contributed by atoms with Gasteiger partial charge in [0.25, 0.3) is 0 Å². The van der Waals surface area contributed by atoms with Crippen LogP contribution in [0.4, 0.5) is 0 Å². The van der Waals surface area contributed by atoms with Crippen molar-refractivity contribution >= 4 is 5.78 Å². The predicted molar refractivity (Wildman–Crippen MR) is 122 cm³/mol. The Labute approximate surface area is 182 Å². The molecule has 162 valence electrons. The first kappa shape index (κ1) is 20.5. The van der Waals surface area contributed by atoms with Crippen LogP contribution in [0.3, 0.4) is 0 Å². The molecule has 0 aromatic carbocycles. The highest BCUT2D eigenvalue weighted by Crippen LogP contribution is 2.66. The number of aliphatic hydroxyl groups excluding tert-OH is 1. The van der Waals surface area contributed by atoms with Gasteiger partial charge in [0.15, 0.2) is 5.78 Å². The number of ketones is 1. The number of hydrogen-bond acceptors (Lipinski definition) is 2. The highest BCUT2D eigenvalue weighted by Gasteiger charge is 2.59. The van der Waals surface area contributed by atoms with Crippen molar-refractivity contribution in [2.24, 2.45) is 34.5 Å². The van der Waals surface area contributed by atoms with E-state index >= 15 is 0 Å². The van der Waals surface area contributed by atoms with Crippen molar-refractivity contribution in [3.8, 4) is 0 Å². The minimum atomic E-state index is -0.135. The lowest BCUT2D eigenvalue weighted by atomic mass is 9.47. The molecule has 30 heavy (non-hydrogen) atoms. The zero-order valence-corrected chi connectivity index (χ0v) is 18.8. The molecule has 5 rings (SSSR count). The maximum absolute atomic E-state index is 13.3. The van der Waals surface area contributed by atoms with E-state index in [0.717, 1.165) is 56.8 Å². The molecule has 3 fully saturated rings. The van der Waals surface area contributed by atoms with Crippen LogP contribution in [0.15, 0.2) is 47.6 Å². The summed E-state index contributed by atoms with van der Waals surface area (Å²) >= 11 is 0. The third kappa shape index (κ3) is 3.22. The molecule has 2 nitrogen and oxygen atoms in total. The van der Waals surface area contributed by atoms with Gasteiger partial charge in [-0.3, -0.25) is 4.79 Å². The van der Waals surface area contributed by atoms with E-state index in [2.05, 4.69) is 38.2 Å². The molecule has 2 heteroatoms. The summed E-state index contributed by atoms with van der Waals surface area (Å²) in [5.41, 5.74) is 3.17. The van der Waals surface area contributed by atoms with Crippen LogP contribution in [0.5, 0.6) is 0 Å². The molecule has 0 aromatic rings. The molecular formula is C28H38O2. The Bertz CT molecular complexity index is 830. The molecule has 0 heterocycles. The second kappa shape index (κ2) is 7.62. The summed E-state index contributed by atoms with van der Waals surface area (Å²) < 4.78 is 0. The van der Waals surface area contributed by atoms with E-state index in [-0.39, 0.29) is 22.9 Å². The maximum Gasteiger partial charge on any atom is 0.159 e. The number of fused-ring (bicyclic) bond motifs is 5. The van der Waals surface area contributed by atoms with Gasteiger partial charge in [-0.05, 0) is 104 Å². The van der Waals surface area contributed by atoms with Crippen LogP contribution in [-0.4, -0.2) is 17.0 Å². The monoisotopic (exact) mass is 406 g/mol. The summed E-state index contributed by atoms with van der Waals surface area (Å²) in [5, 5.41) is 10.2. The lowest BCUT2D eigenvalue weighted by Gasteiger charge is -2.57. The number of rotatable bonds is 3. The minimum Gasteiger partial charge on any atom is -0.393 e. The van der Waals surface area contributed by atoms with Crippen LogP contribution in [0.2, 0.25) is 0 Å². The lowest BCUT2D eigenvalue weighted by Crippen LogP contribution is -2.50. The Hall–Kier alpha value is -1.41. The fraction of sp³-hybridized carbons (Fsp3) is 0.679. The van der Waals surface area contributed by atoms with Gasteiger partial charge in [-0.1, -0.05) is 49.8 Å². The number of hydrogen-bond donors (Lipinski definition) is 1. The number of allylic oxidation sites excluding steroid dienone is 7. The fourth-order valence-electron chi connectivity index (χ4n) is 8.16. The Kier molecular flexibility index (Phi) is 5.21. The highest BCUT2D eigenvalue weighted by molar-refractivity contribution is 5.93. The Morgan fingerprint density at radius 1 is 1.07 bits per heavy atom. The van der Waals surface area contributed by atoms with Crippen molar-refractivity contribution in [1.29, 1.82) is 0 Å². The zero-order valence-electron chi connectivity index (χ0n) is 18.8. The quantitative estimate of drug-likeness (QED) is 0.439. The van der Waals surface area contributed by atoms with Crippen LogP contribution in [-0.2, 0) is 4.79 Å².